The van der Waals surface area contributed by atoms with E-state index in [1.807, 2.05) is 13.0 Å². The number of rotatable bonds is 6. The number of hydrogen-bond acceptors (Lipinski definition) is 4. The Morgan fingerprint density at radius 2 is 2.00 bits per heavy atom. The Labute approximate surface area is 171 Å². The average Bonchev–Trinajstić information content (AvgIpc) is 3.12. The van der Waals surface area contributed by atoms with E-state index in [2.05, 4.69) is 20.5 Å². The summed E-state index contributed by atoms with van der Waals surface area (Å²) < 4.78 is 12.9. The first-order valence-corrected chi connectivity index (χ1v) is 9.77. The summed E-state index contributed by atoms with van der Waals surface area (Å²) in [5.41, 5.74) is 2.35. The van der Waals surface area contributed by atoms with Gasteiger partial charge in [-0.1, -0.05) is 47.6 Å². The maximum Gasteiger partial charge on any atom is 0.237 e. The van der Waals surface area contributed by atoms with Gasteiger partial charge in [-0.2, -0.15) is 0 Å². The van der Waals surface area contributed by atoms with Gasteiger partial charge in [-0.25, -0.2) is 9.37 Å². The van der Waals surface area contributed by atoms with E-state index in [4.69, 9.17) is 11.6 Å². The van der Waals surface area contributed by atoms with E-state index in [9.17, 15) is 9.18 Å². The molecule has 2 aromatic carbocycles. The van der Waals surface area contributed by atoms with Crippen LogP contribution in [-0.4, -0.2) is 26.3 Å². The van der Waals surface area contributed by atoms with E-state index in [1.165, 1.54) is 23.9 Å². The summed E-state index contributed by atoms with van der Waals surface area (Å²) in [6.45, 7) is 3.63. The van der Waals surface area contributed by atoms with Crippen LogP contribution in [0.2, 0.25) is 5.02 Å². The molecule has 0 bridgehead atoms. The lowest BCUT2D eigenvalue weighted by atomic mass is 10.2. The van der Waals surface area contributed by atoms with Gasteiger partial charge in [0.2, 0.25) is 11.1 Å². The summed E-state index contributed by atoms with van der Waals surface area (Å²) in [6.07, 6.45) is 3.54. The molecule has 0 saturated carbocycles. The van der Waals surface area contributed by atoms with Crippen LogP contribution in [0, 0.1) is 12.7 Å². The van der Waals surface area contributed by atoms with Crippen molar-refractivity contribution >= 4 is 47.1 Å². The van der Waals surface area contributed by atoms with Crippen LogP contribution in [0.4, 0.5) is 10.1 Å². The first-order valence-electron chi connectivity index (χ1n) is 8.51. The molecule has 0 aliphatic rings. The predicted octanol–water partition coefficient (Wildman–Crippen LogP) is 5.20. The van der Waals surface area contributed by atoms with Gasteiger partial charge < -0.3 is 5.32 Å². The molecule has 0 radical (unpaired) electrons. The Kier molecular flexibility index (Phi) is 6.49. The smallest absolute Gasteiger partial charge is 0.237 e. The minimum Gasteiger partial charge on any atom is -0.325 e. The zero-order valence-corrected chi connectivity index (χ0v) is 16.8. The Bertz CT molecular complexity index is 1000. The molecule has 3 aromatic rings. The molecule has 1 aromatic heterocycles. The Balaban J connectivity index is 1.60. The number of aromatic nitrogens is 3. The molecule has 1 atom stereocenters. The van der Waals surface area contributed by atoms with Crippen molar-refractivity contribution in [3.8, 4) is 0 Å². The van der Waals surface area contributed by atoms with Crippen molar-refractivity contribution in [2.75, 3.05) is 5.32 Å². The molecular weight excluding hydrogens is 399 g/mol. The third-order valence-corrected chi connectivity index (χ3v) is 5.33. The van der Waals surface area contributed by atoms with Crippen LogP contribution in [0.5, 0.6) is 0 Å². The molecule has 0 fully saturated rings. The number of nitrogens with zero attached hydrogens (tertiary/aromatic N) is 2. The highest BCUT2D eigenvalue weighted by Crippen LogP contribution is 2.25. The van der Waals surface area contributed by atoms with Gasteiger partial charge in [0.05, 0.1) is 5.25 Å². The molecular formula is C20H18ClFN4OS. The quantitative estimate of drug-likeness (QED) is 0.542. The molecule has 28 heavy (non-hydrogen) atoms. The lowest BCUT2D eigenvalue weighted by Crippen LogP contribution is -2.23. The second-order valence-electron chi connectivity index (χ2n) is 6.05. The van der Waals surface area contributed by atoms with Crippen LogP contribution in [0.1, 0.15) is 23.9 Å². The number of amides is 1. The molecule has 3 rings (SSSR count). The van der Waals surface area contributed by atoms with Crippen molar-refractivity contribution in [2.24, 2.45) is 0 Å². The lowest BCUT2D eigenvalue weighted by Gasteiger charge is -2.12. The van der Waals surface area contributed by atoms with Crippen LogP contribution in [-0.2, 0) is 4.79 Å². The van der Waals surface area contributed by atoms with E-state index in [1.54, 1.807) is 43.3 Å². The Morgan fingerprint density at radius 1 is 1.25 bits per heavy atom. The summed E-state index contributed by atoms with van der Waals surface area (Å²) in [5.74, 6) is 0.101. The molecule has 0 spiro atoms. The van der Waals surface area contributed by atoms with Gasteiger partial charge in [0.25, 0.3) is 0 Å². The molecule has 5 nitrogen and oxygen atoms in total. The second-order valence-corrected chi connectivity index (χ2v) is 7.76. The molecule has 1 amide bonds. The number of aromatic amines is 1. The molecule has 0 aliphatic heterocycles. The van der Waals surface area contributed by atoms with Gasteiger partial charge in [0, 0.05) is 10.7 Å². The van der Waals surface area contributed by atoms with Crippen LogP contribution >= 0.6 is 23.4 Å². The Morgan fingerprint density at radius 3 is 2.75 bits per heavy atom. The minimum atomic E-state index is -0.400. The highest BCUT2D eigenvalue weighted by molar-refractivity contribution is 8.00. The fourth-order valence-corrected chi connectivity index (χ4v) is 3.23. The van der Waals surface area contributed by atoms with Gasteiger partial charge in [-0.3, -0.25) is 9.89 Å². The maximum absolute atomic E-state index is 12.9. The molecule has 2 N–H and O–H groups in total. The fraction of sp³-hybridized carbons (Fsp3) is 0.150. The topological polar surface area (TPSA) is 70.7 Å². The highest BCUT2D eigenvalue weighted by atomic mass is 35.5. The average molecular weight is 417 g/mol. The number of hydrogen-bond donors (Lipinski definition) is 2. The van der Waals surface area contributed by atoms with E-state index in [-0.39, 0.29) is 11.7 Å². The van der Waals surface area contributed by atoms with Crippen molar-refractivity contribution in [3.05, 3.63) is 70.3 Å². The standard InChI is InChI=1S/C20H18ClFN4OS/c1-12-16(21)4-3-5-17(12)23-19(27)13(2)28-20-24-18(25-26-20)11-8-14-6-9-15(22)10-7-14/h3-11,13H,1-2H3,(H,23,27)(H,24,25,26). The normalized spacial score (nSPS) is 12.3. The van der Waals surface area contributed by atoms with E-state index >= 15 is 0 Å². The lowest BCUT2D eigenvalue weighted by molar-refractivity contribution is -0.115. The predicted molar refractivity (Wildman–Crippen MR) is 112 cm³/mol. The molecule has 1 heterocycles. The molecule has 8 heteroatoms. The zero-order chi connectivity index (χ0) is 20.1. The fourth-order valence-electron chi connectivity index (χ4n) is 2.32. The van der Waals surface area contributed by atoms with Crippen molar-refractivity contribution in [1.82, 2.24) is 15.2 Å². The van der Waals surface area contributed by atoms with Crippen LogP contribution in [0.15, 0.2) is 47.6 Å². The molecule has 144 valence electrons. The number of carbonyl (C=O) groups excluding carboxylic acids is 1. The van der Waals surface area contributed by atoms with E-state index < -0.39 is 5.25 Å². The Hall–Kier alpha value is -2.64. The zero-order valence-electron chi connectivity index (χ0n) is 15.2. The van der Waals surface area contributed by atoms with Gasteiger partial charge in [-0.05, 0) is 55.3 Å². The van der Waals surface area contributed by atoms with Gasteiger partial charge in [0.1, 0.15) is 11.6 Å². The largest absolute Gasteiger partial charge is 0.325 e. The van der Waals surface area contributed by atoms with Crippen molar-refractivity contribution in [1.29, 1.82) is 0 Å². The second kappa shape index (κ2) is 9.03. The summed E-state index contributed by atoms with van der Waals surface area (Å²) in [7, 11) is 0. The minimum absolute atomic E-state index is 0.163. The van der Waals surface area contributed by atoms with Crippen molar-refractivity contribution in [3.63, 3.8) is 0 Å². The van der Waals surface area contributed by atoms with Gasteiger partial charge >= 0.3 is 0 Å². The third-order valence-electron chi connectivity index (χ3n) is 3.96. The monoisotopic (exact) mass is 416 g/mol. The number of thioether (sulfide) groups is 1. The number of benzene rings is 2. The van der Waals surface area contributed by atoms with Crippen LogP contribution < -0.4 is 5.32 Å². The van der Waals surface area contributed by atoms with Gasteiger partial charge in [0.15, 0.2) is 0 Å². The third kappa shape index (κ3) is 5.21. The molecule has 0 aliphatic carbocycles. The first kappa shape index (κ1) is 20.1. The summed E-state index contributed by atoms with van der Waals surface area (Å²) in [4.78, 5) is 16.8. The van der Waals surface area contributed by atoms with Crippen LogP contribution in [0.3, 0.4) is 0 Å². The summed E-state index contributed by atoms with van der Waals surface area (Å²) in [6, 6.07) is 11.5. The highest BCUT2D eigenvalue weighted by Gasteiger charge is 2.18. The first-order chi connectivity index (χ1) is 13.4. The number of anilines is 1. The SMILES string of the molecule is Cc1c(Cl)cccc1NC(=O)C(C)Sc1n[nH]c(C=Cc2ccc(F)cc2)n1. The molecule has 1 unspecified atom stereocenters. The summed E-state index contributed by atoms with van der Waals surface area (Å²) >= 11 is 7.33. The number of H-pyrrole nitrogens is 1. The summed E-state index contributed by atoms with van der Waals surface area (Å²) in [5, 5.41) is 10.5. The van der Waals surface area contributed by atoms with E-state index in [0.29, 0.717) is 21.7 Å². The number of nitrogens with one attached hydrogen (secondary N) is 2. The van der Waals surface area contributed by atoms with Crippen LogP contribution in [0.25, 0.3) is 12.2 Å². The molecule has 0 saturated heterocycles. The van der Waals surface area contributed by atoms with Crippen molar-refractivity contribution < 1.29 is 9.18 Å². The van der Waals surface area contributed by atoms with Crippen molar-refractivity contribution in [2.45, 2.75) is 24.3 Å². The number of carbonyl (C=O) groups is 1. The van der Waals surface area contributed by atoms with E-state index in [0.717, 1.165) is 11.1 Å². The number of halogens is 2. The van der Waals surface area contributed by atoms with Gasteiger partial charge in [-0.15, -0.1) is 5.10 Å². The maximum atomic E-state index is 12.9.